The lowest BCUT2D eigenvalue weighted by Gasteiger charge is -2.01. The Morgan fingerprint density at radius 3 is 3.00 bits per heavy atom. The largest absolute Gasteiger partial charge is 0.478 e. The molecule has 0 saturated carbocycles. The number of carbonyl (C=O) groups is 1. The summed E-state index contributed by atoms with van der Waals surface area (Å²) in [4.78, 5) is 23.0. The molecule has 5 nitrogen and oxygen atoms in total. The SMILES string of the molecule is Cc1cnn(Cc2cc(/C=C/C(=O)O)cs2)c(=O)c1. The van der Waals surface area contributed by atoms with Crippen LogP contribution in [0.1, 0.15) is 16.0 Å². The van der Waals surface area contributed by atoms with Gasteiger partial charge in [-0.25, -0.2) is 9.48 Å². The van der Waals surface area contributed by atoms with Crippen LogP contribution in [0.2, 0.25) is 0 Å². The van der Waals surface area contributed by atoms with Gasteiger partial charge in [0, 0.05) is 17.0 Å². The third-order valence-electron chi connectivity index (χ3n) is 2.40. The van der Waals surface area contributed by atoms with Gasteiger partial charge < -0.3 is 5.11 Å². The topological polar surface area (TPSA) is 72.2 Å². The van der Waals surface area contributed by atoms with Crippen LogP contribution in [0.4, 0.5) is 0 Å². The Morgan fingerprint density at radius 2 is 2.32 bits per heavy atom. The van der Waals surface area contributed by atoms with Crippen LogP contribution in [0.15, 0.2) is 34.6 Å². The number of hydrogen-bond acceptors (Lipinski definition) is 4. The maximum atomic E-state index is 11.7. The minimum Gasteiger partial charge on any atom is -0.478 e. The van der Waals surface area contributed by atoms with Gasteiger partial charge in [0.25, 0.3) is 5.56 Å². The fourth-order valence-corrected chi connectivity index (χ4v) is 2.36. The van der Waals surface area contributed by atoms with Crippen molar-refractivity contribution in [1.82, 2.24) is 9.78 Å². The van der Waals surface area contributed by atoms with Crippen molar-refractivity contribution in [2.45, 2.75) is 13.5 Å². The Bertz CT molecular complexity index is 685. The van der Waals surface area contributed by atoms with Crippen LogP contribution in [0.25, 0.3) is 6.08 Å². The molecule has 6 heteroatoms. The maximum absolute atomic E-state index is 11.7. The first kappa shape index (κ1) is 13.2. The van der Waals surface area contributed by atoms with Gasteiger partial charge in [-0.05, 0) is 35.6 Å². The number of rotatable bonds is 4. The molecule has 0 fully saturated rings. The number of nitrogens with zero attached hydrogens (tertiary/aromatic N) is 2. The van der Waals surface area contributed by atoms with Crippen molar-refractivity contribution in [3.63, 3.8) is 0 Å². The van der Waals surface area contributed by atoms with Gasteiger partial charge in [0.05, 0.1) is 12.7 Å². The van der Waals surface area contributed by atoms with Crippen molar-refractivity contribution >= 4 is 23.4 Å². The van der Waals surface area contributed by atoms with Crippen LogP contribution < -0.4 is 5.56 Å². The standard InChI is InChI=1S/C13H12N2O3S/c1-9-4-12(16)15(14-6-9)7-11-5-10(8-19-11)2-3-13(17)18/h2-6,8H,7H2,1H3,(H,17,18)/b3-2+. The van der Waals surface area contributed by atoms with Gasteiger partial charge in [0.2, 0.25) is 0 Å². The lowest BCUT2D eigenvalue weighted by molar-refractivity contribution is -0.131. The molecule has 0 radical (unpaired) electrons. The highest BCUT2D eigenvalue weighted by molar-refractivity contribution is 7.10. The molecule has 0 unspecified atom stereocenters. The summed E-state index contributed by atoms with van der Waals surface area (Å²) in [5.41, 5.74) is 1.50. The highest BCUT2D eigenvalue weighted by atomic mass is 32.1. The molecule has 2 heterocycles. The molecule has 0 aliphatic heterocycles. The summed E-state index contributed by atoms with van der Waals surface area (Å²) in [5.74, 6) is -0.982. The zero-order chi connectivity index (χ0) is 13.8. The normalized spacial score (nSPS) is 11.0. The van der Waals surface area contributed by atoms with Gasteiger partial charge >= 0.3 is 5.97 Å². The highest BCUT2D eigenvalue weighted by Gasteiger charge is 2.02. The third kappa shape index (κ3) is 3.62. The van der Waals surface area contributed by atoms with Gasteiger partial charge in [-0.2, -0.15) is 5.10 Å². The van der Waals surface area contributed by atoms with Crippen molar-refractivity contribution in [2.75, 3.05) is 0 Å². The smallest absolute Gasteiger partial charge is 0.328 e. The molecule has 0 aliphatic rings. The summed E-state index contributed by atoms with van der Waals surface area (Å²) >= 11 is 1.47. The number of aliphatic carboxylic acids is 1. The number of aromatic nitrogens is 2. The summed E-state index contributed by atoms with van der Waals surface area (Å²) in [5, 5.41) is 14.4. The van der Waals surface area contributed by atoms with E-state index in [1.165, 1.54) is 28.2 Å². The van der Waals surface area contributed by atoms with Crippen molar-refractivity contribution in [2.24, 2.45) is 0 Å². The van der Waals surface area contributed by atoms with Gasteiger partial charge in [0.1, 0.15) is 0 Å². The number of aryl methyl sites for hydroxylation is 1. The second kappa shape index (κ2) is 5.62. The van der Waals surface area contributed by atoms with E-state index in [-0.39, 0.29) is 5.56 Å². The molecule has 0 aliphatic carbocycles. The third-order valence-corrected chi connectivity index (χ3v) is 3.34. The first-order valence-electron chi connectivity index (χ1n) is 5.57. The van der Waals surface area contributed by atoms with E-state index in [2.05, 4.69) is 5.10 Å². The zero-order valence-corrected chi connectivity index (χ0v) is 11.1. The molecule has 1 N–H and O–H groups in total. The number of thiophene rings is 1. The summed E-state index contributed by atoms with van der Waals surface area (Å²) in [6.45, 7) is 2.21. The molecule has 0 saturated heterocycles. The molecule has 0 amide bonds. The summed E-state index contributed by atoms with van der Waals surface area (Å²) in [6.07, 6.45) is 4.25. The van der Waals surface area contributed by atoms with Crippen LogP contribution in [0, 0.1) is 6.92 Å². The second-order valence-corrected chi connectivity index (χ2v) is 5.04. The van der Waals surface area contributed by atoms with Crippen LogP contribution in [0.3, 0.4) is 0 Å². The average Bonchev–Trinajstić information content (AvgIpc) is 2.78. The van der Waals surface area contributed by atoms with E-state index in [0.717, 1.165) is 22.1 Å². The number of hydrogen-bond donors (Lipinski definition) is 1. The molecule has 0 bridgehead atoms. The predicted octanol–water partition coefficient (Wildman–Crippen LogP) is 1.76. The lowest BCUT2D eigenvalue weighted by atomic mass is 10.3. The molecule has 98 valence electrons. The van der Waals surface area contributed by atoms with Crippen LogP contribution >= 0.6 is 11.3 Å². The Kier molecular flexibility index (Phi) is 3.91. The Morgan fingerprint density at radius 1 is 1.53 bits per heavy atom. The van der Waals surface area contributed by atoms with Gasteiger partial charge in [-0.3, -0.25) is 4.79 Å². The van der Waals surface area contributed by atoms with Crippen molar-refractivity contribution in [1.29, 1.82) is 0 Å². The van der Waals surface area contributed by atoms with E-state index < -0.39 is 5.97 Å². The fourth-order valence-electron chi connectivity index (χ4n) is 1.53. The maximum Gasteiger partial charge on any atom is 0.328 e. The highest BCUT2D eigenvalue weighted by Crippen LogP contribution is 2.16. The molecular formula is C13H12N2O3S. The molecule has 2 aromatic heterocycles. The quantitative estimate of drug-likeness (QED) is 0.864. The first-order chi connectivity index (χ1) is 9.04. The summed E-state index contributed by atoms with van der Waals surface area (Å²) in [6, 6.07) is 3.38. The first-order valence-corrected chi connectivity index (χ1v) is 6.45. The van der Waals surface area contributed by atoms with E-state index in [0.29, 0.717) is 6.54 Å². The van der Waals surface area contributed by atoms with Crippen LogP contribution in [-0.2, 0) is 11.3 Å². The Hall–Kier alpha value is -2.21. The van der Waals surface area contributed by atoms with E-state index >= 15 is 0 Å². The molecule has 0 aromatic carbocycles. The van der Waals surface area contributed by atoms with Crippen molar-refractivity contribution in [3.8, 4) is 0 Å². The van der Waals surface area contributed by atoms with E-state index in [1.54, 1.807) is 6.20 Å². The zero-order valence-electron chi connectivity index (χ0n) is 10.2. The fraction of sp³-hybridized carbons (Fsp3) is 0.154. The van der Waals surface area contributed by atoms with E-state index in [9.17, 15) is 9.59 Å². The van der Waals surface area contributed by atoms with Gasteiger partial charge in [-0.1, -0.05) is 0 Å². The molecule has 2 aromatic rings. The van der Waals surface area contributed by atoms with Crippen molar-refractivity contribution in [3.05, 3.63) is 56.1 Å². The van der Waals surface area contributed by atoms with Crippen LogP contribution in [0.5, 0.6) is 0 Å². The Balaban J connectivity index is 2.16. The summed E-state index contributed by atoms with van der Waals surface area (Å²) in [7, 11) is 0. The lowest BCUT2D eigenvalue weighted by Crippen LogP contribution is -2.22. The van der Waals surface area contributed by atoms with Crippen molar-refractivity contribution < 1.29 is 9.90 Å². The number of carboxylic acid groups (broad SMARTS) is 1. The molecule has 0 atom stereocenters. The summed E-state index contributed by atoms with van der Waals surface area (Å²) < 4.78 is 1.38. The van der Waals surface area contributed by atoms with Gasteiger partial charge in [0.15, 0.2) is 0 Å². The molecular weight excluding hydrogens is 264 g/mol. The minimum atomic E-state index is -0.982. The van der Waals surface area contributed by atoms with Crippen LogP contribution in [-0.4, -0.2) is 20.9 Å². The minimum absolute atomic E-state index is 0.143. The van der Waals surface area contributed by atoms with E-state index in [4.69, 9.17) is 5.11 Å². The second-order valence-electron chi connectivity index (χ2n) is 4.05. The average molecular weight is 276 g/mol. The Labute approximate surface area is 113 Å². The molecule has 2 rings (SSSR count). The molecule has 0 spiro atoms. The van der Waals surface area contributed by atoms with Gasteiger partial charge in [-0.15, -0.1) is 11.3 Å². The monoisotopic (exact) mass is 276 g/mol. The predicted molar refractivity (Wildman–Crippen MR) is 73.3 cm³/mol. The van der Waals surface area contributed by atoms with E-state index in [1.807, 2.05) is 18.4 Å². The molecule has 19 heavy (non-hydrogen) atoms. The number of carboxylic acids is 1.